The first-order valence-electron chi connectivity index (χ1n) is 5.81. The molecule has 3 nitrogen and oxygen atoms in total. The van der Waals surface area contributed by atoms with Crippen molar-refractivity contribution in [1.82, 2.24) is 9.88 Å². The number of aromatic nitrogens is 1. The molecular formula is C12H16N2O. The SMILES string of the molecule is O=c1c([C@@H]2CCCN2)cccn1C1CC1. The highest BCUT2D eigenvalue weighted by molar-refractivity contribution is 5.17. The Balaban J connectivity index is 1.99. The summed E-state index contributed by atoms with van der Waals surface area (Å²) in [6, 6.07) is 4.77. The van der Waals surface area contributed by atoms with E-state index in [-0.39, 0.29) is 5.56 Å². The second-order valence-electron chi connectivity index (χ2n) is 4.56. The predicted octanol–water partition coefficient (Wildman–Crippen LogP) is 1.61. The Morgan fingerprint density at radius 3 is 2.87 bits per heavy atom. The van der Waals surface area contributed by atoms with Crippen LogP contribution in [-0.4, -0.2) is 11.1 Å². The molecule has 3 rings (SSSR count). The monoisotopic (exact) mass is 204 g/mol. The summed E-state index contributed by atoms with van der Waals surface area (Å²) < 4.78 is 1.91. The van der Waals surface area contributed by atoms with Gasteiger partial charge in [-0.3, -0.25) is 4.79 Å². The van der Waals surface area contributed by atoms with Crippen molar-refractivity contribution in [3.05, 3.63) is 34.2 Å². The van der Waals surface area contributed by atoms with Gasteiger partial charge < -0.3 is 9.88 Å². The maximum absolute atomic E-state index is 12.2. The molecule has 0 radical (unpaired) electrons. The molecule has 0 unspecified atom stereocenters. The minimum absolute atomic E-state index is 0.222. The molecule has 0 amide bonds. The van der Waals surface area contributed by atoms with Crippen LogP contribution in [0, 0.1) is 0 Å². The number of rotatable bonds is 2. The van der Waals surface area contributed by atoms with E-state index in [2.05, 4.69) is 5.32 Å². The summed E-state index contributed by atoms with van der Waals surface area (Å²) in [4.78, 5) is 12.2. The van der Waals surface area contributed by atoms with Gasteiger partial charge in [-0.05, 0) is 38.3 Å². The Kier molecular flexibility index (Phi) is 2.13. The standard InChI is InChI=1S/C12H16N2O/c15-12-10(11-4-1-7-13-11)3-2-8-14(12)9-5-6-9/h2-3,8-9,11,13H,1,4-7H2/t11-/m0/s1. The predicted molar refractivity (Wildman–Crippen MR) is 59.0 cm³/mol. The molecule has 1 saturated heterocycles. The molecule has 1 saturated carbocycles. The molecule has 2 heterocycles. The summed E-state index contributed by atoms with van der Waals surface area (Å²) in [5.41, 5.74) is 1.18. The van der Waals surface area contributed by atoms with E-state index >= 15 is 0 Å². The fourth-order valence-corrected chi connectivity index (χ4v) is 2.38. The molecule has 80 valence electrons. The molecule has 3 heteroatoms. The lowest BCUT2D eigenvalue weighted by atomic mass is 10.1. The first-order chi connectivity index (χ1) is 7.36. The summed E-state index contributed by atoms with van der Waals surface area (Å²) in [6.07, 6.45) is 6.55. The van der Waals surface area contributed by atoms with Crippen molar-refractivity contribution in [3.8, 4) is 0 Å². The number of hydrogen-bond donors (Lipinski definition) is 1. The van der Waals surface area contributed by atoms with Gasteiger partial charge in [0.1, 0.15) is 0 Å². The van der Waals surface area contributed by atoms with Gasteiger partial charge >= 0.3 is 0 Å². The third kappa shape index (κ3) is 1.61. The van der Waals surface area contributed by atoms with Crippen molar-refractivity contribution in [2.24, 2.45) is 0 Å². The van der Waals surface area contributed by atoms with Crippen molar-refractivity contribution < 1.29 is 0 Å². The molecule has 2 aliphatic rings. The quantitative estimate of drug-likeness (QED) is 0.794. The topological polar surface area (TPSA) is 34.0 Å². The highest BCUT2D eigenvalue weighted by atomic mass is 16.1. The zero-order chi connectivity index (χ0) is 10.3. The molecule has 1 aromatic rings. The number of pyridine rings is 1. The molecule has 15 heavy (non-hydrogen) atoms. The van der Waals surface area contributed by atoms with Crippen LogP contribution < -0.4 is 10.9 Å². The second kappa shape index (κ2) is 3.49. The van der Waals surface area contributed by atoms with E-state index in [1.807, 2.05) is 22.9 Å². The van der Waals surface area contributed by atoms with Gasteiger partial charge in [-0.25, -0.2) is 0 Å². The lowest BCUT2D eigenvalue weighted by Crippen LogP contribution is -2.27. The van der Waals surface area contributed by atoms with E-state index in [1.165, 1.54) is 19.3 Å². The van der Waals surface area contributed by atoms with Crippen LogP contribution in [0.3, 0.4) is 0 Å². The summed E-state index contributed by atoms with van der Waals surface area (Å²) in [6.45, 7) is 1.04. The molecule has 1 atom stereocenters. The van der Waals surface area contributed by atoms with E-state index in [0.29, 0.717) is 12.1 Å². The van der Waals surface area contributed by atoms with Crippen molar-refractivity contribution in [2.75, 3.05) is 6.54 Å². The number of hydrogen-bond acceptors (Lipinski definition) is 2. The molecule has 0 bridgehead atoms. The van der Waals surface area contributed by atoms with Gasteiger partial charge in [0.2, 0.25) is 0 Å². The maximum Gasteiger partial charge on any atom is 0.255 e. The maximum atomic E-state index is 12.2. The molecule has 2 fully saturated rings. The molecule has 1 aromatic heterocycles. The normalized spacial score (nSPS) is 25.7. The molecule has 0 aromatic carbocycles. The second-order valence-corrected chi connectivity index (χ2v) is 4.56. The van der Waals surface area contributed by atoms with Crippen LogP contribution in [0.4, 0.5) is 0 Å². The van der Waals surface area contributed by atoms with Crippen molar-refractivity contribution in [1.29, 1.82) is 0 Å². The molecule has 0 spiro atoms. The van der Waals surface area contributed by atoms with Crippen LogP contribution >= 0.6 is 0 Å². The number of nitrogens with zero attached hydrogens (tertiary/aromatic N) is 1. The fraction of sp³-hybridized carbons (Fsp3) is 0.583. The minimum atomic E-state index is 0.222. The Morgan fingerprint density at radius 2 is 2.20 bits per heavy atom. The van der Waals surface area contributed by atoms with E-state index < -0.39 is 0 Å². The molecule has 1 aliphatic heterocycles. The van der Waals surface area contributed by atoms with Crippen LogP contribution in [0.15, 0.2) is 23.1 Å². The van der Waals surface area contributed by atoms with E-state index in [9.17, 15) is 4.79 Å². The third-order valence-corrected chi connectivity index (χ3v) is 3.38. The highest BCUT2D eigenvalue weighted by Gasteiger charge is 2.26. The highest BCUT2D eigenvalue weighted by Crippen LogP contribution is 2.33. The summed E-state index contributed by atoms with van der Waals surface area (Å²) in [7, 11) is 0. The summed E-state index contributed by atoms with van der Waals surface area (Å²) in [5, 5.41) is 3.39. The average Bonchev–Trinajstić information content (AvgIpc) is 2.94. The first-order valence-corrected chi connectivity index (χ1v) is 5.81. The Bertz CT molecular complexity index is 414. The Labute approximate surface area is 89.1 Å². The van der Waals surface area contributed by atoms with E-state index in [4.69, 9.17) is 0 Å². The van der Waals surface area contributed by atoms with Crippen molar-refractivity contribution >= 4 is 0 Å². The third-order valence-electron chi connectivity index (χ3n) is 3.38. The van der Waals surface area contributed by atoms with Crippen LogP contribution in [0.2, 0.25) is 0 Å². The van der Waals surface area contributed by atoms with Crippen molar-refractivity contribution in [2.45, 2.75) is 37.8 Å². The lowest BCUT2D eigenvalue weighted by Gasteiger charge is -2.12. The van der Waals surface area contributed by atoms with Crippen molar-refractivity contribution in [3.63, 3.8) is 0 Å². The lowest BCUT2D eigenvalue weighted by molar-refractivity contribution is 0.613. The van der Waals surface area contributed by atoms with Gasteiger partial charge in [0, 0.05) is 23.8 Å². The molecule has 1 aliphatic carbocycles. The summed E-state index contributed by atoms with van der Waals surface area (Å²) in [5.74, 6) is 0. The zero-order valence-electron chi connectivity index (χ0n) is 8.78. The van der Waals surface area contributed by atoms with E-state index in [0.717, 1.165) is 18.5 Å². The zero-order valence-corrected chi connectivity index (χ0v) is 8.78. The Hall–Kier alpha value is -1.09. The van der Waals surface area contributed by atoms with Gasteiger partial charge in [-0.2, -0.15) is 0 Å². The van der Waals surface area contributed by atoms with Gasteiger partial charge in [0.05, 0.1) is 0 Å². The van der Waals surface area contributed by atoms with Crippen LogP contribution in [0.1, 0.15) is 43.3 Å². The fourth-order valence-electron chi connectivity index (χ4n) is 2.38. The largest absolute Gasteiger partial charge is 0.312 e. The molecule has 1 N–H and O–H groups in total. The summed E-state index contributed by atoms with van der Waals surface area (Å²) >= 11 is 0. The smallest absolute Gasteiger partial charge is 0.255 e. The first kappa shape index (κ1) is 9.16. The van der Waals surface area contributed by atoms with E-state index in [1.54, 1.807) is 0 Å². The Morgan fingerprint density at radius 1 is 1.33 bits per heavy atom. The molecular weight excluding hydrogens is 188 g/mol. The van der Waals surface area contributed by atoms with Crippen LogP contribution in [0.25, 0.3) is 0 Å². The van der Waals surface area contributed by atoms with Gasteiger partial charge in [0.25, 0.3) is 5.56 Å². The minimum Gasteiger partial charge on any atom is -0.312 e. The van der Waals surface area contributed by atoms with Crippen LogP contribution in [0.5, 0.6) is 0 Å². The number of nitrogens with one attached hydrogen (secondary N) is 1. The van der Waals surface area contributed by atoms with Gasteiger partial charge in [-0.1, -0.05) is 6.07 Å². The van der Waals surface area contributed by atoms with Gasteiger partial charge in [-0.15, -0.1) is 0 Å². The average molecular weight is 204 g/mol. The van der Waals surface area contributed by atoms with Crippen LogP contribution in [-0.2, 0) is 0 Å². The van der Waals surface area contributed by atoms with Gasteiger partial charge in [0.15, 0.2) is 0 Å².